The Labute approximate surface area is 549 Å². The van der Waals surface area contributed by atoms with Crippen molar-refractivity contribution in [2.24, 2.45) is 5.41 Å². The van der Waals surface area contributed by atoms with Gasteiger partial charge in [0, 0.05) is 112 Å². The topological polar surface area (TPSA) is 269 Å². The molecular weight excluding hydrogens is 1260 g/mol. The number of amides is 3. The van der Waals surface area contributed by atoms with Crippen LogP contribution in [0.1, 0.15) is 108 Å². The number of ketones is 2. The predicted molar refractivity (Wildman–Crippen MR) is 350 cm³/mol. The first-order valence-corrected chi connectivity index (χ1v) is 33.9. The number of rotatable bonds is 25. The van der Waals surface area contributed by atoms with E-state index >= 15 is 8.78 Å². The van der Waals surface area contributed by atoms with Crippen molar-refractivity contribution >= 4 is 79.2 Å². The van der Waals surface area contributed by atoms with Crippen LogP contribution in [0.4, 0.5) is 24.5 Å². The number of halogens is 3. The number of thiazole rings is 1. The minimum absolute atomic E-state index is 0.00923. The van der Waals surface area contributed by atoms with Crippen molar-refractivity contribution in [3.05, 3.63) is 119 Å². The molecule has 0 spiro atoms. The van der Waals surface area contributed by atoms with E-state index in [2.05, 4.69) is 35.4 Å². The molecule has 22 nitrogen and oxygen atoms in total. The van der Waals surface area contributed by atoms with E-state index in [-0.39, 0.29) is 92.8 Å². The van der Waals surface area contributed by atoms with Crippen LogP contribution < -0.4 is 20.3 Å². The average Bonchev–Trinajstić information content (AvgIpc) is 1.49. The molecule has 4 fully saturated rings. The standard InChI is InChI=1S/C67H82F3N11O11S2/c1-40-60(93-39-74-40)43-11-9-41(10-12-43)31-73-63(86)53-30-48(92-56(84)20-19-54(82)67(7,8)91-28-22-66(5,6)88)37-81(53)64(87)61(65(2,3)4)75-55(83)38-77-35-47(36-77)79-26-24-78(25-27-79)46-15-13-42(14-16-46)44-29-49-50(33-72-62(49)71-32-44)59(85)57-51(69)17-18-52(58(57)70)76-94(89,90)80-23-21-45(68)34-80/h9-18,29,32-33,39,45,47-48,53,61,76,88H,19-28,30-31,34-38H2,1-8H3,(H,71,72)(H,73,86)(H,75,83)/t45-,48-,53+,61-/m1/s1. The van der Waals surface area contributed by atoms with E-state index in [4.69, 9.17) is 9.47 Å². The molecule has 6 aromatic rings. The van der Waals surface area contributed by atoms with E-state index in [0.717, 1.165) is 75.6 Å². The number of hydrogen-bond donors (Lipinski definition) is 5. The van der Waals surface area contributed by atoms with Gasteiger partial charge in [-0.1, -0.05) is 57.2 Å². The van der Waals surface area contributed by atoms with Crippen LogP contribution in [-0.2, 0) is 50.2 Å². The number of hydrogen-bond acceptors (Lipinski definition) is 17. The summed E-state index contributed by atoms with van der Waals surface area (Å²) in [6.07, 6.45) is 0.492. The molecule has 3 aromatic heterocycles. The van der Waals surface area contributed by atoms with Crippen LogP contribution in [0.5, 0.6) is 0 Å². The molecule has 4 aliphatic rings. The number of fused-ring (bicyclic) bond motifs is 1. The summed E-state index contributed by atoms with van der Waals surface area (Å²) in [5, 5.41) is 16.4. The number of nitrogens with one attached hydrogen (secondary N) is 4. The zero-order valence-corrected chi connectivity index (χ0v) is 55.7. The van der Waals surface area contributed by atoms with E-state index in [1.807, 2.05) is 85.8 Å². The number of aliphatic hydroxyl groups is 1. The normalized spacial score (nSPS) is 19.1. The van der Waals surface area contributed by atoms with Gasteiger partial charge in [-0.05, 0) is 99.9 Å². The first-order valence-electron chi connectivity index (χ1n) is 31.6. The molecule has 10 rings (SSSR count). The summed E-state index contributed by atoms with van der Waals surface area (Å²) >= 11 is 1.54. The Morgan fingerprint density at radius 2 is 1.55 bits per heavy atom. The number of alkyl halides is 1. The third-order valence-corrected chi connectivity index (χ3v) is 20.3. The van der Waals surface area contributed by atoms with Crippen LogP contribution in [0.25, 0.3) is 32.6 Å². The number of nitrogens with zero attached hydrogens (tertiary/aromatic N) is 7. The van der Waals surface area contributed by atoms with Gasteiger partial charge in [0.2, 0.25) is 23.5 Å². The minimum Gasteiger partial charge on any atom is -0.460 e. The van der Waals surface area contributed by atoms with E-state index in [9.17, 15) is 46.7 Å². The predicted octanol–water partition coefficient (Wildman–Crippen LogP) is 7.34. The smallest absolute Gasteiger partial charge is 0.306 e. The molecule has 0 unspecified atom stereocenters. The van der Waals surface area contributed by atoms with Crippen molar-refractivity contribution in [3.63, 3.8) is 0 Å². The van der Waals surface area contributed by atoms with Crippen molar-refractivity contribution in [2.75, 3.05) is 81.7 Å². The van der Waals surface area contributed by atoms with E-state index in [1.54, 1.807) is 45.5 Å². The molecule has 5 N–H and O–H groups in total. The molecule has 7 heterocycles. The van der Waals surface area contributed by atoms with E-state index < -0.39 is 104 Å². The molecular formula is C67H82F3N11O11S2. The molecule has 504 valence electrons. The summed E-state index contributed by atoms with van der Waals surface area (Å²) in [4.78, 5) is 104. The number of Topliss-reactive ketones (excluding diaryl/α,β-unsaturated/α-hetero) is 1. The van der Waals surface area contributed by atoms with Gasteiger partial charge in [0.25, 0.3) is 0 Å². The molecule has 3 aromatic carbocycles. The Balaban J connectivity index is 0.720. The first kappa shape index (κ1) is 69.2. The number of aromatic amines is 1. The van der Waals surface area contributed by atoms with Crippen molar-refractivity contribution < 1.29 is 64.9 Å². The zero-order chi connectivity index (χ0) is 67.6. The Morgan fingerprint density at radius 3 is 2.20 bits per heavy atom. The highest BCUT2D eigenvalue weighted by molar-refractivity contribution is 7.90. The zero-order valence-electron chi connectivity index (χ0n) is 54.1. The second-order valence-corrected chi connectivity index (χ2v) is 29.5. The SMILES string of the molecule is Cc1ncsc1-c1ccc(CNC(=O)[C@@H]2C[C@@H](OC(=O)CCC(=O)C(C)(C)OCCC(C)(C)O)CN2C(=O)[C@@H](NC(=O)CN2CC(N3CCN(c4ccc(-c5cnc6[nH]cc(C(=O)c7c(F)ccc(NS(=O)(=O)N8CC[C@@H](F)C8)c7F)c6c5)cc4)CC3)C2)C(C)(C)C)cc1. The highest BCUT2D eigenvalue weighted by Crippen LogP contribution is 2.34. The summed E-state index contributed by atoms with van der Waals surface area (Å²) in [5.74, 6) is -5.97. The fraction of sp³-hybridized carbons (Fsp3) is 0.493. The number of benzene rings is 3. The molecule has 4 atom stereocenters. The maximum atomic E-state index is 15.9. The van der Waals surface area contributed by atoms with Gasteiger partial charge >= 0.3 is 16.2 Å². The van der Waals surface area contributed by atoms with Crippen molar-refractivity contribution in [3.8, 4) is 21.6 Å². The average molecular weight is 1340 g/mol. The Bertz CT molecular complexity index is 3900. The van der Waals surface area contributed by atoms with Crippen LogP contribution in [0, 0.1) is 24.0 Å². The molecule has 0 bridgehead atoms. The van der Waals surface area contributed by atoms with Crippen LogP contribution in [0.15, 0.2) is 84.6 Å². The van der Waals surface area contributed by atoms with Crippen LogP contribution >= 0.6 is 11.3 Å². The van der Waals surface area contributed by atoms with Gasteiger partial charge in [-0.3, -0.25) is 43.3 Å². The monoisotopic (exact) mass is 1340 g/mol. The number of carbonyl (C=O) groups excluding carboxylic acids is 6. The number of likely N-dealkylation sites (tertiary alicyclic amines) is 2. The molecule has 4 aliphatic heterocycles. The molecule has 0 radical (unpaired) electrons. The summed E-state index contributed by atoms with van der Waals surface area (Å²) in [5.41, 5.74) is 2.47. The highest BCUT2D eigenvalue weighted by Gasteiger charge is 2.47. The maximum Gasteiger partial charge on any atom is 0.306 e. The largest absolute Gasteiger partial charge is 0.460 e. The Kier molecular flexibility index (Phi) is 20.9. The summed E-state index contributed by atoms with van der Waals surface area (Å²) in [7, 11) is -4.40. The van der Waals surface area contributed by atoms with Gasteiger partial charge in [0.05, 0.1) is 59.1 Å². The maximum absolute atomic E-state index is 15.9. The third-order valence-electron chi connectivity index (χ3n) is 17.9. The van der Waals surface area contributed by atoms with Gasteiger partial charge in [-0.25, -0.2) is 23.1 Å². The molecule has 3 amide bonds. The van der Waals surface area contributed by atoms with Crippen LogP contribution in [-0.4, -0.2) is 196 Å². The number of aryl methyl sites for hydroxylation is 1. The van der Waals surface area contributed by atoms with Gasteiger partial charge in [-0.2, -0.15) is 12.7 Å². The summed E-state index contributed by atoms with van der Waals surface area (Å²) in [6, 6.07) is 17.0. The number of aromatic nitrogens is 3. The lowest BCUT2D eigenvalue weighted by molar-refractivity contribution is -0.152. The Morgan fingerprint density at radius 1 is 0.851 bits per heavy atom. The number of ether oxygens (including phenoxy) is 2. The quantitative estimate of drug-likeness (QED) is 0.0277. The van der Waals surface area contributed by atoms with E-state index in [0.29, 0.717) is 25.1 Å². The second kappa shape index (κ2) is 28.3. The highest BCUT2D eigenvalue weighted by atomic mass is 32.2. The van der Waals surface area contributed by atoms with Gasteiger partial charge in [-0.15, -0.1) is 11.3 Å². The number of H-pyrrole nitrogens is 1. The van der Waals surface area contributed by atoms with Crippen LogP contribution in [0.2, 0.25) is 0 Å². The molecule has 4 saturated heterocycles. The summed E-state index contributed by atoms with van der Waals surface area (Å²) < 4.78 is 85.3. The fourth-order valence-corrected chi connectivity index (χ4v) is 14.3. The van der Waals surface area contributed by atoms with Crippen molar-refractivity contribution in [2.45, 2.75) is 136 Å². The fourth-order valence-electron chi connectivity index (χ4n) is 12.2. The molecule has 0 saturated carbocycles. The lowest BCUT2D eigenvalue weighted by Gasteiger charge is -2.48. The summed E-state index contributed by atoms with van der Waals surface area (Å²) in [6.45, 7) is 17.9. The number of anilines is 2. The number of piperazine rings is 1. The van der Waals surface area contributed by atoms with Gasteiger partial charge < -0.3 is 40.0 Å². The number of pyridine rings is 1. The molecule has 94 heavy (non-hydrogen) atoms. The third kappa shape index (κ3) is 16.3. The van der Waals surface area contributed by atoms with E-state index in [1.165, 1.54) is 22.4 Å². The van der Waals surface area contributed by atoms with Gasteiger partial charge in [0.1, 0.15) is 41.4 Å². The lowest BCUT2D eigenvalue weighted by Crippen LogP contribution is -2.65. The van der Waals surface area contributed by atoms with Crippen LogP contribution in [0.3, 0.4) is 0 Å². The lowest BCUT2D eigenvalue weighted by atomic mass is 9.85. The minimum atomic E-state index is -4.40. The van der Waals surface area contributed by atoms with Crippen molar-refractivity contribution in [1.82, 2.24) is 44.6 Å². The number of carbonyl (C=O) groups is 6. The molecule has 0 aliphatic carbocycles. The molecule has 27 heteroatoms. The number of esters is 1. The van der Waals surface area contributed by atoms with Gasteiger partial charge in [0.15, 0.2) is 11.6 Å². The Hall–Kier alpha value is -7.66. The second-order valence-electron chi connectivity index (χ2n) is 27.0. The first-order chi connectivity index (χ1) is 44.4. The van der Waals surface area contributed by atoms with Crippen molar-refractivity contribution in [1.29, 1.82) is 0 Å².